The Hall–Kier alpha value is -2.53. The second-order valence-corrected chi connectivity index (χ2v) is 4.20. The molecule has 21 heavy (non-hydrogen) atoms. The van der Waals surface area contributed by atoms with Gasteiger partial charge in [-0.3, -0.25) is 0 Å². The molecule has 0 aliphatic heterocycles. The summed E-state index contributed by atoms with van der Waals surface area (Å²) in [5.74, 6) is 1.52. The lowest BCUT2D eigenvalue weighted by Gasteiger charge is -2.08. The van der Waals surface area contributed by atoms with Crippen molar-refractivity contribution in [2.75, 3.05) is 26.3 Å². The van der Waals surface area contributed by atoms with Crippen molar-refractivity contribution in [2.45, 2.75) is 0 Å². The van der Waals surface area contributed by atoms with E-state index in [1.807, 2.05) is 48.5 Å². The van der Waals surface area contributed by atoms with Gasteiger partial charge in [-0.05, 0) is 48.5 Å². The summed E-state index contributed by atoms with van der Waals surface area (Å²) in [4.78, 5) is 4.09. The summed E-state index contributed by atoms with van der Waals surface area (Å²) < 4.78 is 15.5. The molecule has 0 atom stereocenters. The molecule has 5 nitrogen and oxygen atoms in total. The molecule has 0 aliphatic carbocycles. The van der Waals surface area contributed by atoms with Crippen molar-refractivity contribution in [1.82, 2.24) is 0 Å². The van der Waals surface area contributed by atoms with E-state index in [1.165, 1.54) is 6.40 Å². The summed E-state index contributed by atoms with van der Waals surface area (Å²) >= 11 is 0. The molecule has 0 unspecified atom stereocenters. The molecular weight excluding hydrogens is 268 g/mol. The van der Waals surface area contributed by atoms with Crippen LogP contribution in [0.5, 0.6) is 11.5 Å². The summed E-state index contributed by atoms with van der Waals surface area (Å²) in [7, 11) is 3.21. The second-order valence-electron chi connectivity index (χ2n) is 4.20. The minimum Gasteiger partial charge on any atom is -0.486 e. The summed E-state index contributed by atoms with van der Waals surface area (Å²) in [6.45, 7) is 0.476. The van der Waals surface area contributed by atoms with Gasteiger partial charge in [-0.2, -0.15) is 0 Å². The van der Waals surface area contributed by atoms with Crippen molar-refractivity contribution in [1.29, 1.82) is 0 Å². The molecule has 5 heteroatoms. The highest BCUT2D eigenvalue weighted by Crippen LogP contribution is 2.25. The maximum Gasteiger partial charge on any atom is 0.174 e. The normalized spacial score (nSPS) is 10.6. The molecule has 0 fully saturated rings. The fraction of sp³-hybridized carbons (Fsp3) is 0.188. The number of hydrogen-bond acceptors (Lipinski definition) is 5. The Labute approximate surface area is 124 Å². The molecule has 0 saturated heterocycles. The van der Waals surface area contributed by atoms with Gasteiger partial charge in [0.05, 0.1) is 12.8 Å². The van der Waals surface area contributed by atoms with Crippen LogP contribution in [-0.2, 0) is 9.47 Å². The van der Waals surface area contributed by atoms with Gasteiger partial charge >= 0.3 is 0 Å². The van der Waals surface area contributed by atoms with E-state index in [0.717, 1.165) is 22.9 Å². The maximum atomic E-state index is 5.76. The van der Waals surface area contributed by atoms with Crippen molar-refractivity contribution in [2.24, 2.45) is 4.99 Å². The minimum atomic E-state index is 0.476. The fourth-order valence-electron chi connectivity index (χ4n) is 1.65. The number of nitrogens with zero attached hydrogens (tertiary/aromatic N) is 1. The van der Waals surface area contributed by atoms with Crippen LogP contribution in [0.3, 0.4) is 0 Å². The lowest BCUT2D eigenvalue weighted by molar-refractivity contribution is 0.221. The van der Waals surface area contributed by atoms with E-state index in [2.05, 4.69) is 10.3 Å². The summed E-state index contributed by atoms with van der Waals surface area (Å²) in [5, 5.41) is 3.11. The lowest BCUT2D eigenvalue weighted by Crippen LogP contribution is -2.02. The number of benzene rings is 2. The first-order chi connectivity index (χ1) is 10.3. The molecule has 0 amide bonds. The van der Waals surface area contributed by atoms with Crippen molar-refractivity contribution in [3.63, 3.8) is 0 Å². The Morgan fingerprint density at radius 2 is 1.57 bits per heavy atom. The fourth-order valence-corrected chi connectivity index (χ4v) is 1.65. The zero-order chi connectivity index (χ0) is 14.9. The molecule has 0 heterocycles. The maximum absolute atomic E-state index is 5.76. The zero-order valence-corrected chi connectivity index (χ0v) is 12.1. The van der Waals surface area contributed by atoms with E-state index in [-0.39, 0.29) is 0 Å². The third kappa shape index (κ3) is 4.81. The van der Waals surface area contributed by atoms with Gasteiger partial charge < -0.3 is 19.5 Å². The van der Waals surface area contributed by atoms with Crippen LogP contribution < -0.4 is 10.1 Å². The quantitative estimate of drug-likeness (QED) is 0.478. The van der Waals surface area contributed by atoms with Crippen molar-refractivity contribution in [3.05, 3.63) is 48.5 Å². The number of nitrogens with one attached hydrogen (secondary N) is 1. The third-order valence-corrected chi connectivity index (χ3v) is 2.65. The number of ether oxygens (including phenoxy) is 3. The van der Waals surface area contributed by atoms with Gasteiger partial charge in [-0.1, -0.05) is 0 Å². The van der Waals surface area contributed by atoms with Crippen LogP contribution >= 0.6 is 0 Å². The van der Waals surface area contributed by atoms with Crippen LogP contribution in [0, 0.1) is 0 Å². The summed E-state index contributed by atoms with van der Waals surface area (Å²) in [5.41, 5.74) is 1.79. The summed E-state index contributed by atoms with van der Waals surface area (Å²) in [6.07, 6.45) is 1.39. The Kier molecular flexibility index (Phi) is 5.60. The Morgan fingerprint density at radius 3 is 2.14 bits per heavy atom. The van der Waals surface area contributed by atoms with Crippen LogP contribution in [0.2, 0.25) is 0 Å². The highest BCUT2D eigenvalue weighted by atomic mass is 16.5. The second kappa shape index (κ2) is 7.91. The van der Waals surface area contributed by atoms with Crippen LogP contribution in [0.1, 0.15) is 0 Å². The Morgan fingerprint density at radius 1 is 0.952 bits per heavy atom. The van der Waals surface area contributed by atoms with E-state index >= 15 is 0 Å². The van der Waals surface area contributed by atoms with E-state index in [4.69, 9.17) is 14.2 Å². The van der Waals surface area contributed by atoms with E-state index in [9.17, 15) is 0 Å². The highest BCUT2D eigenvalue weighted by Gasteiger charge is 1.98. The molecule has 0 aliphatic rings. The van der Waals surface area contributed by atoms with Gasteiger partial charge in [-0.15, -0.1) is 0 Å². The first kappa shape index (κ1) is 14.9. The topological polar surface area (TPSA) is 52.1 Å². The van der Waals surface area contributed by atoms with E-state index in [0.29, 0.717) is 6.73 Å². The van der Waals surface area contributed by atoms with E-state index < -0.39 is 0 Å². The third-order valence-electron chi connectivity index (χ3n) is 2.65. The largest absolute Gasteiger partial charge is 0.486 e. The average molecular weight is 286 g/mol. The van der Waals surface area contributed by atoms with Gasteiger partial charge in [0.25, 0.3) is 0 Å². The predicted molar refractivity (Wildman–Crippen MR) is 83.6 cm³/mol. The minimum absolute atomic E-state index is 0.476. The molecule has 0 aromatic heterocycles. The van der Waals surface area contributed by atoms with Gasteiger partial charge in [0.15, 0.2) is 6.40 Å². The standard InChI is InChI=1S/C16H18N2O3/c1-19-11-17-13-3-7-15(8-4-13)21-16-9-5-14(6-10-16)18-12-20-2/h3-11,18H,12H2,1-2H3/b17-11-. The van der Waals surface area contributed by atoms with E-state index in [1.54, 1.807) is 14.2 Å². The van der Waals surface area contributed by atoms with Gasteiger partial charge in [0.2, 0.25) is 0 Å². The van der Waals surface area contributed by atoms with Crippen LogP contribution in [0.15, 0.2) is 53.5 Å². The molecule has 2 rings (SSSR count). The first-order valence-electron chi connectivity index (χ1n) is 6.48. The molecule has 0 spiro atoms. The molecule has 0 saturated carbocycles. The molecule has 2 aromatic rings. The van der Waals surface area contributed by atoms with Crippen molar-refractivity contribution < 1.29 is 14.2 Å². The predicted octanol–water partition coefficient (Wildman–Crippen LogP) is 3.80. The summed E-state index contributed by atoms with van der Waals surface area (Å²) in [6, 6.07) is 15.1. The number of rotatable bonds is 7. The van der Waals surface area contributed by atoms with Crippen LogP contribution in [-0.4, -0.2) is 27.4 Å². The first-order valence-corrected chi connectivity index (χ1v) is 6.48. The molecule has 0 radical (unpaired) electrons. The highest BCUT2D eigenvalue weighted by molar-refractivity contribution is 5.56. The monoisotopic (exact) mass is 286 g/mol. The Bertz CT molecular complexity index is 565. The van der Waals surface area contributed by atoms with Gasteiger partial charge in [0, 0.05) is 12.8 Å². The van der Waals surface area contributed by atoms with Crippen molar-refractivity contribution in [3.8, 4) is 11.5 Å². The molecule has 110 valence electrons. The zero-order valence-electron chi connectivity index (χ0n) is 12.1. The SMILES string of the molecule is CO/C=N\c1ccc(Oc2ccc(NCOC)cc2)cc1. The van der Waals surface area contributed by atoms with Gasteiger partial charge in [0.1, 0.15) is 18.2 Å². The molecule has 2 aromatic carbocycles. The average Bonchev–Trinajstić information content (AvgIpc) is 2.53. The van der Waals surface area contributed by atoms with Crippen molar-refractivity contribution >= 4 is 17.8 Å². The van der Waals surface area contributed by atoms with Gasteiger partial charge in [-0.25, -0.2) is 4.99 Å². The lowest BCUT2D eigenvalue weighted by atomic mass is 10.3. The molecule has 0 bridgehead atoms. The number of anilines is 1. The number of hydrogen-bond donors (Lipinski definition) is 1. The Balaban J connectivity index is 1.96. The molecule has 1 N–H and O–H groups in total. The number of methoxy groups -OCH3 is 2. The van der Waals surface area contributed by atoms with Crippen LogP contribution in [0.4, 0.5) is 11.4 Å². The smallest absolute Gasteiger partial charge is 0.174 e. The van der Waals surface area contributed by atoms with Crippen LogP contribution in [0.25, 0.3) is 0 Å². The number of aliphatic imine (C=N–C) groups is 1. The molecular formula is C16H18N2O3.